The lowest BCUT2D eigenvalue weighted by molar-refractivity contribution is -0.141. The third kappa shape index (κ3) is 3.98. The van der Waals surface area contributed by atoms with Gasteiger partial charge in [-0.05, 0) is 19.1 Å². The van der Waals surface area contributed by atoms with Crippen molar-refractivity contribution in [2.24, 2.45) is 0 Å². The van der Waals surface area contributed by atoms with Gasteiger partial charge < -0.3 is 14.7 Å². The number of aliphatic carboxylic acids is 1. The standard InChI is InChI=1S/C14H15F3N2O4/c1-8-10(2-3-11(18-8)14(15,16)17)13(22)19-4-5-23-7-9(19)6-12(20)21/h2-3,9H,4-7H2,1H3,(H,20,21). The first-order valence-corrected chi connectivity index (χ1v) is 6.85. The van der Waals surface area contributed by atoms with E-state index in [9.17, 15) is 22.8 Å². The fourth-order valence-corrected chi connectivity index (χ4v) is 2.39. The molecule has 1 atom stereocenters. The molecule has 0 bridgehead atoms. The van der Waals surface area contributed by atoms with E-state index in [0.29, 0.717) is 0 Å². The summed E-state index contributed by atoms with van der Waals surface area (Å²) in [6.45, 7) is 1.81. The van der Waals surface area contributed by atoms with E-state index in [1.165, 1.54) is 11.8 Å². The molecule has 1 saturated heterocycles. The minimum atomic E-state index is -4.59. The molecule has 1 aliphatic rings. The Bertz CT molecular complexity index is 619. The number of halogens is 3. The average molecular weight is 332 g/mol. The Kier molecular flexibility index (Phi) is 4.88. The second kappa shape index (κ2) is 6.53. The third-order valence-corrected chi connectivity index (χ3v) is 3.51. The van der Waals surface area contributed by atoms with Gasteiger partial charge in [-0.15, -0.1) is 0 Å². The van der Waals surface area contributed by atoms with E-state index < -0.39 is 29.8 Å². The van der Waals surface area contributed by atoms with Crippen LogP contribution >= 0.6 is 0 Å². The molecule has 0 aliphatic carbocycles. The van der Waals surface area contributed by atoms with E-state index >= 15 is 0 Å². The van der Waals surface area contributed by atoms with Crippen LogP contribution in [0.1, 0.15) is 28.2 Å². The normalized spacial score (nSPS) is 18.8. The summed E-state index contributed by atoms with van der Waals surface area (Å²) in [5, 5.41) is 8.89. The Morgan fingerprint density at radius 2 is 2.13 bits per heavy atom. The predicted octanol–water partition coefficient (Wildman–Crippen LogP) is 1.72. The molecule has 0 radical (unpaired) electrons. The molecular weight excluding hydrogens is 317 g/mol. The molecule has 1 amide bonds. The van der Waals surface area contributed by atoms with E-state index in [0.717, 1.165) is 12.1 Å². The van der Waals surface area contributed by atoms with Crippen molar-refractivity contribution in [3.05, 3.63) is 29.1 Å². The second-order valence-corrected chi connectivity index (χ2v) is 5.15. The first-order chi connectivity index (χ1) is 10.7. The van der Waals surface area contributed by atoms with Gasteiger partial charge in [0.1, 0.15) is 5.69 Å². The van der Waals surface area contributed by atoms with E-state index in [-0.39, 0.29) is 37.4 Å². The molecule has 6 nitrogen and oxygen atoms in total. The van der Waals surface area contributed by atoms with Crippen LogP contribution in [0.15, 0.2) is 12.1 Å². The summed E-state index contributed by atoms with van der Waals surface area (Å²) in [5.41, 5.74) is -1.10. The number of morpholine rings is 1. The Morgan fingerprint density at radius 1 is 1.43 bits per heavy atom. The number of carboxylic acid groups (broad SMARTS) is 1. The van der Waals surface area contributed by atoms with Gasteiger partial charge >= 0.3 is 12.1 Å². The minimum absolute atomic E-state index is 0.0234. The number of hydrogen-bond donors (Lipinski definition) is 1. The molecule has 0 aromatic carbocycles. The number of hydrogen-bond acceptors (Lipinski definition) is 4. The fraction of sp³-hybridized carbons (Fsp3) is 0.500. The summed E-state index contributed by atoms with van der Waals surface area (Å²) in [7, 11) is 0. The number of carbonyl (C=O) groups excluding carboxylic acids is 1. The van der Waals surface area contributed by atoms with Crippen LogP contribution in [0.5, 0.6) is 0 Å². The van der Waals surface area contributed by atoms with Crippen LogP contribution in [0.4, 0.5) is 13.2 Å². The van der Waals surface area contributed by atoms with Crippen LogP contribution in [-0.2, 0) is 15.7 Å². The number of aryl methyl sites for hydroxylation is 1. The summed E-state index contributed by atoms with van der Waals surface area (Å²) < 4.78 is 43.0. The highest BCUT2D eigenvalue weighted by Gasteiger charge is 2.34. The second-order valence-electron chi connectivity index (χ2n) is 5.15. The largest absolute Gasteiger partial charge is 0.481 e. The van der Waals surface area contributed by atoms with Gasteiger partial charge in [0, 0.05) is 6.54 Å². The van der Waals surface area contributed by atoms with Crippen molar-refractivity contribution in [3.8, 4) is 0 Å². The van der Waals surface area contributed by atoms with E-state index in [4.69, 9.17) is 9.84 Å². The molecule has 0 saturated carbocycles. The maximum atomic E-state index is 12.6. The van der Waals surface area contributed by atoms with Crippen molar-refractivity contribution in [1.82, 2.24) is 9.88 Å². The Morgan fingerprint density at radius 3 is 2.70 bits per heavy atom. The van der Waals surface area contributed by atoms with Gasteiger partial charge in [0.15, 0.2) is 0 Å². The maximum absolute atomic E-state index is 12.6. The molecule has 0 spiro atoms. The number of carbonyl (C=O) groups is 2. The van der Waals surface area contributed by atoms with Gasteiger partial charge in [0.2, 0.25) is 0 Å². The summed E-state index contributed by atoms with van der Waals surface area (Å²) in [5.74, 6) is -1.63. The van der Waals surface area contributed by atoms with Crippen LogP contribution in [0.2, 0.25) is 0 Å². The minimum Gasteiger partial charge on any atom is -0.481 e. The molecule has 1 aromatic rings. The molecule has 1 unspecified atom stereocenters. The Hall–Kier alpha value is -2.16. The molecule has 23 heavy (non-hydrogen) atoms. The number of rotatable bonds is 3. The van der Waals surface area contributed by atoms with Crippen molar-refractivity contribution >= 4 is 11.9 Å². The van der Waals surface area contributed by atoms with Crippen molar-refractivity contribution in [2.45, 2.75) is 25.6 Å². The number of amides is 1. The summed E-state index contributed by atoms with van der Waals surface area (Å²) in [6.07, 6.45) is -4.88. The lowest BCUT2D eigenvalue weighted by atomic mass is 10.1. The number of pyridine rings is 1. The van der Waals surface area contributed by atoms with Gasteiger partial charge in [0.25, 0.3) is 5.91 Å². The topological polar surface area (TPSA) is 79.7 Å². The van der Waals surface area contributed by atoms with Crippen LogP contribution in [0.25, 0.3) is 0 Å². The van der Waals surface area contributed by atoms with Crippen molar-refractivity contribution in [2.75, 3.05) is 19.8 Å². The molecular formula is C14H15F3N2O4. The highest BCUT2D eigenvalue weighted by Crippen LogP contribution is 2.28. The highest BCUT2D eigenvalue weighted by molar-refractivity contribution is 5.95. The zero-order chi connectivity index (χ0) is 17.2. The van der Waals surface area contributed by atoms with Gasteiger partial charge in [-0.25, -0.2) is 4.98 Å². The monoisotopic (exact) mass is 332 g/mol. The molecule has 1 fully saturated rings. The molecule has 1 aliphatic heterocycles. The average Bonchev–Trinajstić information content (AvgIpc) is 2.45. The highest BCUT2D eigenvalue weighted by atomic mass is 19.4. The van der Waals surface area contributed by atoms with Gasteiger partial charge in [-0.2, -0.15) is 13.2 Å². The molecule has 126 valence electrons. The molecule has 1 N–H and O–H groups in total. The first-order valence-electron chi connectivity index (χ1n) is 6.85. The van der Waals surface area contributed by atoms with Crippen molar-refractivity contribution in [1.29, 1.82) is 0 Å². The number of carboxylic acids is 1. The van der Waals surface area contributed by atoms with Crippen LogP contribution < -0.4 is 0 Å². The van der Waals surface area contributed by atoms with E-state index in [1.807, 2.05) is 0 Å². The van der Waals surface area contributed by atoms with Crippen LogP contribution in [-0.4, -0.2) is 52.7 Å². The van der Waals surface area contributed by atoms with Crippen LogP contribution in [0.3, 0.4) is 0 Å². The zero-order valence-electron chi connectivity index (χ0n) is 12.3. The first kappa shape index (κ1) is 17.2. The SMILES string of the molecule is Cc1nc(C(F)(F)F)ccc1C(=O)N1CCOCC1CC(=O)O. The number of aromatic nitrogens is 1. The molecule has 2 rings (SSSR count). The summed E-state index contributed by atoms with van der Waals surface area (Å²) in [4.78, 5) is 28.1. The predicted molar refractivity (Wildman–Crippen MR) is 71.9 cm³/mol. The zero-order valence-corrected chi connectivity index (χ0v) is 12.3. The Labute approximate surface area is 129 Å². The van der Waals surface area contributed by atoms with Gasteiger partial charge in [0.05, 0.1) is 36.9 Å². The fourth-order valence-electron chi connectivity index (χ4n) is 2.39. The quantitative estimate of drug-likeness (QED) is 0.912. The van der Waals surface area contributed by atoms with Gasteiger partial charge in [-0.3, -0.25) is 9.59 Å². The number of nitrogens with zero attached hydrogens (tertiary/aromatic N) is 2. The molecule has 1 aromatic heterocycles. The maximum Gasteiger partial charge on any atom is 0.433 e. The van der Waals surface area contributed by atoms with Gasteiger partial charge in [-0.1, -0.05) is 0 Å². The number of ether oxygens (including phenoxy) is 1. The van der Waals surface area contributed by atoms with Crippen molar-refractivity contribution in [3.63, 3.8) is 0 Å². The summed E-state index contributed by atoms with van der Waals surface area (Å²) >= 11 is 0. The lowest BCUT2D eigenvalue weighted by Crippen LogP contribution is -2.49. The third-order valence-electron chi connectivity index (χ3n) is 3.51. The van der Waals surface area contributed by atoms with Crippen molar-refractivity contribution < 1.29 is 32.6 Å². The van der Waals surface area contributed by atoms with Crippen LogP contribution in [0, 0.1) is 6.92 Å². The molecule has 9 heteroatoms. The van der Waals surface area contributed by atoms with E-state index in [2.05, 4.69) is 4.98 Å². The van der Waals surface area contributed by atoms with E-state index in [1.54, 1.807) is 0 Å². The lowest BCUT2D eigenvalue weighted by Gasteiger charge is -2.35. The smallest absolute Gasteiger partial charge is 0.433 e. The Balaban J connectivity index is 2.26. The summed E-state index contributed by atoms with van der Waals surface area (Å²) in [6, 6.07) is 1.16. The number of alkyl halides is 3. The molecule has 2 heterocycles.